The maximum absolute atomic E-state index is 12.6. The van der Waals surface area contributed by atoms with Crippen LogP contribution in [0.5, 0.6) is 0 Å². The lowest BCUT2D eigenvalue weighted by molar-refractivity contribution is 0.584. The van der Waals surface area contributed by atoms with Crippen molar-refractivity contribution in [1.29, 1.82) is 0 Å². The van der Waals surface area contributed by atoms with E-state index in [4.69, 9.17) is 0 Å². The van der Waals surface area contributed by atoms with Crippen molar-refractivity contribution >= 4 is 0 Å². The fraction of sp³-hybridized carbons (Fsp3) is 0. The van der Waals surface area contributed by atoms with Gasteiger partial charge in [0.25, 0.3) is 0 Å². The largest absolute Gasteiger partial charge is 0.361 e. The van der Waals surface area contributed by atoms with Crippen molar-refractivity contribution in [2.24, 2.45) is 0 Å². The highest BCUT2D eigenvalue weighted by atomic mass is 19.1. The Labute approximate surface area is 69.1 Å². The Morgan fingerprint density at radius 3 is 2.92 bits per heavy atom. The summed E-state index contributed by atoms with van der Waals surface area (Å²) in [7, 11) is 0. The predicted molar refractivity (Wildman–Crippen MR) is 44.0 cm³/mol. The van der Waals surface area contributed by atoms with Crippen LogP contribution in [0.1, 0.15) is 0 Å². The molecule has 0 saturated heterocycles. The second-order valence-electron chi connectivity index (χ2n) is 2.45. The molecule has 2 nitrogen and oxygen atoms in total. The molecule has 0 fully saturated rings. The van der Waals surface area contributed by atoms with Gasteiger partial charge in [-0.1, -0.05) is 0 Å². The number of hydrogen-bond acceptors (Lipinski definition) is 1. The zero-order valence-corrected chi connectivity index (χ0v) is 6.29. The number of nitrogens with one attached hydrogen (secondary N) is 1. The average Bonchev–Trinajstić information content (AvgIpc) is 2.56. The highest BCUT2D eigenvalue weighted by molar-refractivity contribution is 5.58. The van der Waals surface area contributed by atoms with Gasteiger partial charge in [-0.05, 0) is 18.2 Å². The van der Waals surface area contributed by atoms with Crippen LogP contribution >= 0.6 is 0 Å². The van der Waals surface area contributed by atoms with Gasteiger partial charge in [0.15, 0.2) is 0 Å². The molecule has 0 bridgehead atoms. The van der Waals surface area contributed by atoms with Crippen LogP contribution in [0.3, 0.4) is 0 Å². The van der Waals surface area contributed by atoms with Crippen molar-refractivity contribution in [3.63, 3.8) is 0 Å². The number of halogens is 1. The number of hydrogen-bond donors (Lipinski definition) is 1. The number of aromatic amines is 1. The molecule has 2 aromatic heterocycles. The van der Waals surface area contributed by atoms with E-state index in [9.17, 15) is 4.39 Å². The Hall–Kier alpha value is -1.64. The van der Waals surface area contributed by atoms with Gasteiger partial charge in [0, 0.05) is 29.7 Å². The van der Waals surface area contributed by atoms with Crippen LogP contribution in [0, 0.1) is 5.95 Å². The van der Waals surface area contributed by atoms with Gasteiger partial charge in [0.05, 0.1) is 0 Å². The van der Waals surface area contributed by atoms with Gasteiger partial charge in [-0.3, -0.25) is 0 Å². The van der Waals surface area contributed by atoms with Gasteiger partial charge < -0.3 is 4.98 Å². The molecule has 0 saturated carbocycles. The van der Waals surface area contributed by atoms with E-state index in [2.05, 4.69) is 9.97 Å². The summed E-state index contributed by atoms with van der Waals surface area (Å²) in [6, 6.07) is 6.91. The minimum absolute atomic E-state index is 0.456. The predicted octanol–water partition coefficient (Wildman–Crippen LogP) is 2.22. The van der Waals surface area contributed by atoms with Gasteiger partial charge in [-0.15, -0.1) is 0 Å². The smallest absolute Gasteiger partial charge is 0.213 e. The fourth-order valence-electron chi connectivity index (χ4n) is 1.08. The van der Waals surface area contributed by atoms with Gasteiger partial charge in [-0.2, -0.15) is 4.39 Å². The van der Waals surface area contributed by atoms with E-state index < -0.39 is 5.95 Å². The molecule has 0 amide bonds. The number of aromatic nitrogens is 2. The molecule has 0 radical (unpaired) electrons. The van der Waals surface area contributed by atoms with E-state index in [0.717, 1.165) is 11.3 Å². The van der Waals surface area contributed by atoms with Crippen LogP contribution in [0.4, 0.5) is 4.39 Å². The van der Waals surface area contributed by atoms with Gasteiger partial charge in [0.1, 0.15) is 0 Å². The number of H-pyrrole nitrogens is 1. The van der Waals surface area contributed by atoms with E-state index in [1.807, 2.05) is 12.1 Å². The first-order chi connectivity index (χ1) is 5.86. The summed E-state index contributed by atoms with van der Waals surface area (Å²) in [5.41, 5.74) is 1.71. The third kappa shape index (κ3) is 1.21. The maximum Gasteiger partial charge on any atom is 0.213 e. The Kier molecular flexibility index (Phi) is 1.63. The van der Waals surface area contributed by atoms with Crippen LogP contribution in [-0.2, 0) is 0 Å². The van der Waals surface area contributed by atoms with Gasteiger partial charge in [-0.25, -0.2) is 4.98 Å². The lowest BCUT2D eigenvalue weighted by Gasteiger charge is -1.95. The summed E-state index contributed by atoms with van der Waals surface area (Å²) in [5.74, 6) is -0.456. The molecule has 0 aliphatic heterocycles. The van der Waals surface area contributed by atoms with Crippen molar-refractivity contribution in [2.75, 3.05) is 0 Å². The molecule has 3 heteroatoms. The number of rotatable bonds is 1. The molecule has 0 aromatic carbocycles. The van der Waals surface area contributed by atoms with E-state index in [0.29, 0.717) is 0 Å². The zero-order valence-electron chi connectivity index (χ0n) is 6.29. The molecule has 0 unspecified atom stereocenters. The van der Waals surface area contributed by atoms with Gasteiger partial charge >= 0.3 is 0 Å². The standard InChI is InChI=1S/C9H7FN2/c10-9-6-7(3-5-12-9)8-2-1-4-11-8/h1-6,11H. The first-order valence-electron chi connectivity index (χ1n) is 3.61. The van der Waals surface area contributed by atoms with E-state index in [1.54, 1.807) is 12.3 Å². The van der Waals surface area contributed by atoms with Crippen molar-refractivity contribution < 1.29 is 4.39 Å². The Morgan fingerprint density at radius 2 is 2.25 bits per heavy atom. The molecule has 0 aliphatic carbocycles. The quantitative estimate of drug-likeness (QED) is 0.640. The molecular weight excluding hydrogens is 155 g/mol. The second kappa shape index (κ2) is 2.77. The Balaban J connectivity index is 2.48. The zero-order chi connectivity index (χ0) is 8.39. The van der Waals surface area contributed by atoms with Crippen LogP contribution < -0.4 is 0 Å². The van der Waals surface area contributed by atoms with Crippen molar-refractivity contribution in [1.82, 2.24) is 9.97 Å². The van der Waals surface area contributed by atoms with E-state index >= 15 is 0 Å². The van der Waals surface area contributed by atoms with E-state index in [1.165, 1.54) is 12.3 Å². The summed E-state index contributed by atoms with van der Waals surface area (Å²) in [4.78, 5) is 6.46. The van der Waals surface area contributed by atoms with E-state index in [-0.39, 0.29) is 0 Å². The average molecular weight is 162 g/mol. The van der Waals surface area contributed by atoms with Crippen LogP contribution in [-0.4, -0.2) is 9.97 Å². The third-order valence-corrected chi connectivity index (χ3v) is 1.64. The highest BCUT2D eigenvalue weighted by Crippen LogP contribution is 2.15. The third-order valence-electron chi connectivity index (χ3n) is 1.64. The molecule has 0 atom stereocenters. The summed E-state index contributed by atoms with van der Waals surface area (Å²) in [6.07, 6.45) is 3.25. The SMILES string of the molecule is Fc1cc(-c2ccc[nH]2)ccn1. The number of pyridine rings is 1. The molecule has 2 rings (SSSR count). The normalized spacial score (nSPS) is 10.1. The highest BCUT2D eigenvalue weighted by Gasteiger charge is 1.98. The molecule has 2 aromatic rings. The van der Waals surface area contributed by atoms with Crippen molar-refractivity contribution in [3.05, 3.63) is 42.6 Å². The van der Waals surface area contributed by atoms with Gasteiger partial charge in [0.2, 0.25) is 5.95 Å². The first-order valence-corrected chi connectivity index (χ1v) is 3.61. The van der Waals surface area contributed by atoms with Crippen LogP contribution in [0.15, 0.2) is 36.7 Å². The summed E-state index contributed by atoms with van der Waals surface area (Å²) in [5, 5.41) is 0. The molecule has 2 heterocycles. The minimum Gasteiger partial charge on any atom is -0.361 e. The Morgan fingerprint density at radius 1 is 1.33 bits per heavy atom. The topological polar surface area (TPSA) is 28.7 Å². The summed E-state index contributed by atoms with van der Waals surface area (Å²) in [6.45, 7) is 0. The van der Waals surface area contributed by atoms with Crippen molar-refractivity contribution in [2.45, 2.75) is 0 Å². The summed E-state index contributed by atoms with van der Waals surface area (Å²) < 4.78 is 12.6. The second-order valence-corrected chi connectivity index (χ2v) is 2.45. The molecule has 0 spiro atoms. The molecule has 12 heavy (non-hydrogen) atoms. The minimum atomic E-state index is -0.456. The lowest BCUT2D eigenvalue weighted by Crippen LogP contribution is -1.82. The van der Waals surface area contributed by atoms with Crippen LogP contribution in [0.25, 0.3) is 11.3 Å². The van der Waals surface area contributed by atoms with Crippen LogP contribution in [0.2, 0.25) is 0 Å². The summed E-state index contributed by atoms with van der Waals surface area (Å²) >= 11 is 0. The molecular formula is C9H7FN2. The molecule has 60 valence electrons. The molecule has 1 N–H and O–H groups in total. The first kappa shape index (κ1) is 7.03. The lowest BCUT2D eigenvalue weighted by atomic mass is 10.2. The monoisotopic (exact) mass is 162 g/mol. The Bertz CT molecular complexity index is 368. The van der Waals surface area contributed by atoms with Crippen molar-refractivity contribution in [3.8, 4) is 11.3 Å². The fourth-order valence-corrected chi connectivity index (χ4v) is 1.08. The number of nitrogens with zero attached hydrogens (tertiary/aromatic N) is 1. The maximum atomic E-state index is 12.6. The molecule has 0 aliphatic rings.